The van der Waals surface area contributed by atoms with Gasteiger partial charge in [-0.25, -0.2) is 0 Å². The van der Waals surface area contributed by atoms with Crippen LogP contribution in [0.25, 0.3) is 17.0 Å². The summed E-state index contributed by atoms with van der Waals surface area (Å²) in [7, 11) is 1.56. The smallest absolute Gasteiger partial charge is 0.221 e. The molecule has 1 aromatic heterocycles. The molecule has 1 heterocycles. The van der Waals surface area contributed by atoms with E-state index in [1.54, 1.807) is 49.6 Å². The Morgan fingerprint density at radius 3 is 2.70 bits per heavy atom. The van der Waals surface area contributed by atoms with Crippen LogP contribution >= 0.6 is 0 Å². The van der Waals surface area contributed by atoms with Gasteiger partial charge in [0.1, 0.15) is 0 Å². The van der Waals surface area contributed by atoms with Gasteiger partial charge in [-0.3, -0.25) is 4.79 Å². The number of nitrogens with zero attached hydrogens (tertiary/aromatic N) is 1. The lowest BCUT2D eigenvalue weighted by Gasteiger charge is -1.98. The van der Waals surface area contributed by atoms with Gasteiger partial charge in [-0.1, -0.05) is 30.3 Å². The molecular weight excluding hydrogens is 290 g/mol. The summed E-state index contributed by atoms with van der Waals surface area (Å²) in [6, 6.07) is 16.2. The Morgan fingerprint density at radius 1 is 1.22 bits per heavy atom. The van der Waals surface area contributed by atoms with E-state index >= 15 is 0 Å². The Morgan fingerprint density at radius 2 is 2.00 bits per heavy atom. The van der Waals surface area contributed by atoms with Crippen LogP contribution in [0, 0.1) is 11.3 Å². The van der Waals surface area contributed by atoms with E-state index in [2.05, 4.69) is 6.07 Å². The SMILES string of the molecule is COc1cccc2cc(C(=O)C=Cc3ccc(C#N)cc3)oc12. The standard InChI is InChI=1S/C19H13NO3/c1-22-17-4-2-3-15-11-18(23-19(15)17)16(21)10-9-13-5-7-14(12-20)8-6-13/h2-11H,1H3. The van der Waals surface area contributed by atoms with Crippen molar-refractivity contribution in [1.82, 2.24) is 0 Å². The molecular formula is C19H13NO3. The maximum absolute atomic E-state index is 12.2. The number of fused-ring (bicyclic) bond motifs is 1. The Labute approximate surface area is 133 Å². The molecule has 0 N–H and O–H groups in total. The average Bonchev–Trinajstić information content (AvgIpc) is 3.04. The number of allylic oxidation sites excluding steroid dienone is 1. The first kappa shape index (κ1) is 14.6. The molecule has 112 valence electrons. The number of methoxy groups -OCH3 is 1. The molecule has 0 bridgehead atoms. The van der Waals surface area contributed by atoms with Crippen LogP contribution in [0.3, 0.4) is 0 Å². The fourth-order valence-corrected chi connectivity index (χ4v) is 2.24. The van der Waals surface area contributed by atoms with Crippen molar-refractivity contribution >= 4 is 22.8 Å². The second-order valence-electron chi connectivity index (χ2n) is 4.92. The quantitative estimate of drug-likeness (QED) is 0.535. The molecule has 0 radical (unpaired) electrons. The predicted molar refractivity (Wildman–Crippen MR) is 87.3 cm³/mol. The molecule has 0 unspecified atom stereocenters. The fourth-order valence-electron chi connectivity index (χ4n) is 2.24. The van der Waals surface area contributed by atoms with E-state index in [-0.39, 0.29) is 11.5 Å². The Bertz CT molecular complexity index is 927. The van der Waals surface area contributed by atoms with Crippen molar-refractivity contribution in [3.05, 3.63) is 71.5 Å². The molecule has 3 aromatic rings. The van der Waals surface area contributed by atoms with Gasteiger partial charge in [-0.2, -0.15) is 5.26 Å². The summed E-state index contributed by atoms with van der Waals surface area (Å²) in [4.78, 5) is 12.2. The van der Waals surface area contributed by atoms with Crippen molar-refractivity contribution in [3.8, 4) is 11.8 Å². The summed E-state index contributed by atoms with van der Waals surface area (Å²) in [6.07, 6.45) is 3.14. The van der Waals surface area contributed by atoms with Gasteiger partial charge in [0.2, 0.25) is 5.78 Å². The number of para-hydroxylation sites is 1. The molecule has 0 aliphatic rings. The lowest BCUT2D eigenvalue weighted by Crippen LogP contribution is -1.90. The molecule has 2 aromatic carbocycles. The van der Waals surface area contributed by atoms with Crippen LogP contribution in [0.2, 0.25) is 0 Å². The van der Waals surface area contributed by atoms with Gasteiger partial charge >= 0.3 is 0 Å². The highest BCUT2D eigenvalue weighted by atomic mass is 16.5. The van der Waals surface area contributed by atoms with Crippen molar-refractivity contribution in [1.29, 1.82) is 5.26 Å². The number of carbonyl (C=O) groups excluding carboxylic acids is 1. The van der Waals surface area contributed by atoms with Crippen molar-refractivity contribution in [2.75, 3.05) is 7.11 Å². The summed E-state index contributed by atoms with van der Waals surface area (Å²) < 4.78 is 10.8. The van der Waals surface area contributed by atoms with E-state index in [0.717, 1.165) is 10.9 Å². The second-order valence-corrected chi connectivity index (χ2v) is 4.92. The summed E-state index contributed by atoms with van der Waals surface area (Å²) in [6.45, 7) is 0. The number of ether oxygens (including phenoxy) is 1. The highest BCUT2D eigenvalue weighted by molar-refractivity contribution is 6.07. The van der Waals surface area contributed by atoms with E-state index in [0.29, 0.717) is 16.9 Å². The van der Waals surface area contributed by atoms with Crippen molar-refractivity contribution in [3.63, 3.8) is 0 Å². The molecule has 4 heteroatoms. The number of rotatable bonds is 4. The molecule has 23 heavy (non-hydrogen) atoms. The molecule has 0 saturated heterocycles. The molecule has 0 spiro atoms. The first-order valence-electron chi connectivity index (χ1n) is 7.00. The Balaban J connectivity index is 1.85. The van der Waals surface area contributed by atoms with Crippen molar-refractivity contribution in [2.45, 2.75) is 0 Å². The topological polar surface area (TPSA) is 63.2 Å². The Kier molecular flexibility index (Phi) is 3.94. The van der Waals surface area contributed by atoms with E-state index in [4.69, 9.17) is 14.4 Å². The zero-order valence-electron chi connectivity index (χ0n) is 12.4. The lowest BCUT2D eigenvalue weighted by atomic mass is 10.1. The average molecular weight is 303 g/mol. The summed E-state index contributed by atoms with van der Waals surface area (Å²) >= 11 is 0. The maximum atomic E-state index is 12.2. The first-order valence-corrected chi connectivity index (χ1v) is 7.00. The molecule has 0 saturated carbocycles. The van der Waals surface area contributed by atoms with Gasteiger partial charge in [0.05, 0.1) is 18.7 Å². The minimum Gasteiger partial charge on any atom is -0.493 e. The third-order valence-electron chi connectivity index (χ3n) is 3.44. The minimum absolute atomic E-state index is 0.229. The number of hydrogen-bond acceptors (Lipinski definition) is 4. The van der Waals surface area contributed by atoms with Crippen LogP contribution in [-0.4, -0.2) is 12.9 Å². The Hall–Kier alpha value is -3.32. The predicted octanol–water partition coefficient (Wildman–Crippen LogP) is 4.21. The van der Waals surface area contributed by atoms with E-state index in [1.165, 1.54) is 6.08 Å². The zero-order valence-corrected chi connectivity index (χ0v) is 12.4. The van der Waals surface area contributed by atoms with Gasteiger partial charge in [0, 0.05) is 5.39 Å². The number of furan rings is 1. The van der Waals surface area contributed by atoms with Gasteiger partial charge < -0.3 is 9.15 Å². The van der Waals surface area contributed by atoms with Crippen molar-refractivity contribution in [2.24, 2.45) is 0 Å². The molecule has 4 nitrogen and oxygen atoms in total. The fraction of sp³-hybridized carbons (Fsp3) is 0.0526. The van der Waals surface area contributed by atoms with Gasteiger partial charge in [-0.05, 0) is 35.9 Å². The number of carbonyl (C=O) groups is 1. The number of nitriles is 1. The molecule has 0 fully saturated rings. The molecule has 3 rings (SSSR count). The minimum atomic E-state index is -0.229. The highest BCUT2D eigenvalue weighted by Crippen LogP contribution is 2.28. The lowest BCUT2D eigenvalue weighted by molar-refractivity contribution is 0.102. The monoisotopic (exact) mass is 303 g/mol. The largest absolute Gasteiger partial charge is 0.493 e. The molecule has 0 aliphatic heterocycles. The van der Waals surface area contributed by atoms with Crippen LogP contribution in [-0.2, 0) is 0 Å². The first-order chi connectivity index (χ1) is 11.2. The van der Waals surface area contributed by atoms with Gasteiger partial charge in [0.15, 0.2) is 17.1 Å². The summed E-state index contributed by atoms with van der Waals surface area (Å²) in [5, 5.41) is 9.58. The molecule has 0 amide bonds. The number of benzene rings is 2. The van der Waals surface area contributed by atoms with Crippen molar-refractivity contribution < 1.29 is 13.9 Å². The normalized spacial score (nSPS) is 10.8. The van der Waals surface area contributed by atoms with E-state index in [1.807, 2.05) is 12.1 Å². The summed E-state index contributed by atoms with van der Waals surface area (Å²) in [5.41, 5.74) is 1.98. The molecule has 0 atom stereocenters. The van der Waals surface area contributed by atoms with E-state index < -0.39 is 0 Å². The van der Waals surface area contributed by atoms with Crippen LogP contribution in [0.5, 0.6) is 5.75 Å². The van der Waals surface area contributed by atoms with Gasteiger partial charge in [-0.15, -0.1) is 0 Å². The van der Waals surface area contributed by atoms with Crippen LogP contribution < -0.4 is 4.74 Å². The van der Waals surface area contributed by atoms with Gasteiger partial charge in [0.25, 0.3) is 0 Å². The van der Waals surface area contributed by atoms with Crippen LogP contribution in [0.15, 0.2) is 59.0 Å². The third-order valence-corrected chi connectivity index (χ3v) is 3.44. The zero-order chi connectivity index (χ0) is 16.2. The number of ketones is 1. The van der Waals surface area contributed by atoms with Crippen LogP contribution in [0.4, 0.5) is 0 Å². The van der Waals surface area contributed by atoms with E-state index in [9.17, 15) is 4.79 Å². The highest BCUT2D eigenvalue weighted by Gasteiger charge is 2.12. The number of hydrogen-bond donors (Lipinski definition) is 0. The maximum Gasteiger partial charge on any atom is 0.221 e. The molecule has 0 aliphatic carbocycles. The second kappa shape index (κ2) is 6.20. The van der Waals surface area contributed by atoms with Crippen LogP contribution in [0.1, 0.15) is 21.7 Å². The summed E-state index contributed by atoms with van der Waals surface area (Å²) in [5.74, 6) is 0.625. The third kappa shape index (κ3) is 2.99.